The first kappa shape index (κ1) is 13.7. The van der Waals surface area contributed by atoms with Gasteiger partial charge in [0.25, 0.3) is 5.91 Å². The van der Waals surface area contributed by atoms with E-state index in [0.717, 1.165) is 0 Å². The van der Waals surface area contributed by atoms with Gasteiger partial charge >= 0.3 is 0 Å². The van der Waals surface area contributed by atoms with Gasteiger partial charge in [0.2, 0.25) is 0 Å². The van der Waals surface area contributed by atoms with Gasteiger partial charge in [0, 0.05) is 0 Å². The van der Waals surface area contributed by atoms with E-state index in [1.165, 1.54) is 17.0 Å². The van der Waals surface area contributed by atoms with Crippen LogP contribution in [0, 0.1) is 0 Å². The Hall–Kier alpha value is -1.74. The second-order valence-corrected chi connectivity index (χ2v) is 4.18. The lowest BCUT2D eigenvalue weighted by Gasteiger charge is -2.17. The molecule has 1 saturated heterocycles. The van der Waals surface area contributed by atoms with Crippen molar-refractivity contribution in [2.45, 2.75) is 24.5 Å². The van der Waals surface area contributed by atoms with Crippen molar-refractivity contribution in [2.24, 2.45) is 5.73 Å². The van der Waals surface area contributed by atoms with E-state index >= 15 is 0 Å². The molecule has 1 aliphatic rings. The molecule has 2 rings (SSSR count). The Morgan fingerprint density at radius 3 is 2.74 bits per heavy atom. The number of aromatic nitrogens is 2. The van der Waals surface area contributed by atoms with Crippen LogP contribution in [-0.2, 0) is 4.74 Å². The van der Waals surface area contributed by atoms with Crippen LogP contribution in [0.2, 0.25) is 0 Å². The van der Waals surface area contributed by atoms with Gasteiger partial charge in [0.05, 0.1) is 18.6 Å². The quantitative estimate of drug-likeness (QED) is 0.512. The number of rotatable bonds is 4. The molecule has 1 fully saturated rings. The SMILES string of the molecule is C=Cc1c(C(N)=O)ncn1C1O[C@H](CO)[C@@H](O)[C@H]1O. The molecule has 1 aromatic rings. The normalized spacial score (nSPS) is 30.5. The van der Waals surface area contributed by atoms with Gasteiger partial charge in [-0.05, 0) is 6.08 Å². The Bertz CT molecular complexity index is 501. The highest BCUT2D eigenvalue weighted by atomic mass is 16.6. The number of carbonyl (C=O) groups is 1. The maximum Gasteiger partial charge on any atom is 0.269 e. The van der Waals surface area contributed by atoms with Crippen LogP contribution in [0.1, 0.15) is 22.4 Å². The lowest BCUT2D eigenvalue weighted by molar-refractivity contribution is -0.0530. The highest BCUT2D eigenvalue weighted by Gasteiger charge is 2.44. The largest absolute Gasteiger partial charge is 0.394 e. The number of primary amides is 1. The summed E-state index contributed by atoms with van der Waals surface area (Å²) in [5.41, 5.74) is 5.44. The summed E-state index contributed by atoms with van der Waals surface area (Å²) in [6.07, 6.45) is -1.75. The minimum absolute atomic E-state index is 0.00672. The number of hydrogen-bond donors (Lipinski definition) is 4. The van der Waals surface area contributed by atoms with E-state index in [1.807, 2.05) is 0 Å². The summed E-state index contributed by atoms with van der Waals surface area (Å²) in [5, 5.41) is 28.6. The standard InChI is InChI=1S/C11H15N3O5/c1-2-5-7(10(12)18)13-4-14(5)11-9(17)8(16)6(3-15)19-11/h2,4,6,8-9,11,15-17H,1,3H2,(H2,12,18)/t6-,8-,9-,11?/m1/s1. The van der Waals surface area contributed by atoms with Gasteiger partial charge in [-0.2, -0.15) is 0 Å². The molecule has 0 radical (unpaired) electrons. The summed E-state index contributed by atoms with van der Waals surface area (Å²) in [6.45, 7) is 3.11. The van der Waals surface area contributed by atoms with Crippen LogP contribution in [-0.4, -0.2) is 55.7 Å². The van der Waals surface area contributed by atoms with Crippen LogP contribution < -0.4 is 5.73 Å². The highest BCUT2D eigenvalue weighted by molar-refractivity contribution is 5.94. The fourth-order valence-corrected chi connectivity index (χ4v) is 2.08. The molecule has 0 saturated carbocycles. The van der Waals surface area contributed by atoms with Crippen molar-refractivity contribution in [1.29, 1.82) is 0 Å². The number of hydrogen-bond acceptors (Lipinski definition) is 6. The maximum absolute atomic E-state index is 11.2. The van der Waals surface area contributed by atoms with Crippen LogP contribution in [0.5, 0.6) is 0 Å². The van der Waals surface area contributed by atoms with Crippen LogP contribution in [0.4, 0.5) is 0 Å². The second kappa shape index (κ2) is 5.10. The highest BCUT2D eigenvalue weighted by Crippen LogP contribution is 2.31. The smallest absolute Gasteiger partial charge is 0.269 e. The molecule has 104 valence electrons. The molecular weight excluding hydrogens is 254 g/mol. The molecule has 0 bridgehead atoms. The molecule has 8 heteroatoms. The van der Waals surface area contributed by atoms with Gasteiger partial charge in [-0.3, -0.25) is 4.79 Å². The Kier molecular flexibility index (Phi) is 3.67. The number of aliphatic hydroxyl groups is 3. The van der Waals surface area contributed by atoms with Crippen LogP contribution in [0.15, 0.2) is 12.9 Å². The number of nitrogens with two attached hydrogens (primary N) is 1. The average molecular weight is 269 g/mol. The zero-order valence-corrected chi connectivity index (χ0v) is 10.0. The van der Waals surface area contributed by atoms with Gasteiger partial charge in [-0.1, -0.05) is 6.58 Å². The minimum atomic E-state index is -1.26. The molecule has 5 N–H and O–H groups in total. The van der Waals surface area contributed by atoms with E-state index in [1.54, 1.807) is 0 Å². The molecular formula is C11H15N3O5. The predicted molar refractivity (Wildman–Crippen MR) is 63.8 cm³/mol. The fourth-order valence-electron chi connectivity index (χ4n) is 2.08. The van der Waals surface area contributed by atoms with Crippen molar-refractivity contribution in [3.8, 4) is 0 Å². The summed E-state index contributed by atoms with van der Waals surface area (Å²) in [5.74, 6) is -0.736. The number of amides is 1. The lowest BCUT2D eigenvalue weighted by atomic mass is 10.1. The number of ether oxygens (including phenoxy) is 1. The molecule has 0 aromatic carbocycles. The van der Waals surface area contributed by atoms with Crippen LogP contribution >= 0.6 is 0 Å². The summed E-state index contributed by atoms with van der Waals surface area (Å²) in [4.78, 5) is 15.0. The van der Waals surface area contributed by atoms with E-state index in [4.69, 9.17) is 15.6 Å². The van der Waals surface area contributed by atoms with Crippen LogP contribution in [0.25, 0.3) is 6.08 Å². The number of nitrogens with zero attached hydrogens (tertiary/aromatic N) is 2. The molecule has 8 nitrogen and oxygen atoms in total. The fraction of sp³-hybridized carbons (Fsp3) is 0.455. The Morgan fingerprint density at radius 1 is 1.58 bits per heavy atom. The summed E-state index contributed by atoms with van der Waals surface area (Å²) in [7, 11) is 0. The third-order valence-electron chi connectivity index (χ3n) is 3.05. The third kappa shape index (κ3) is 2.15. The third-order valence-corrected chi connectivity index (χ3v) is 3.05. The zero-order valence-electron chi connectivity index (χ0n) is 10.0. The molecule has 2 heterocycles. The molecule has 1 aliphatic heterocycles. The molecule has 0 aliphatic carbocycles. The predicted octanol–water partition coefficient (Wildman–Crippen LogP) is -1.76. The van der Waals surface area contributed by atoms with Crippen molar-refractivity contribution in [1.82, 2.24) is 9.55 Å². The van der Waals surface area contributed by atoms with Crippen molar-refractivity contribution in [2.75, 3.05) is 6.61 Å². The van der Waals surface area contributed by atoms with Gasteiger partial charge < -0.3 is 30.4 Å². The summed E-state index contributed by atoms with van der Waals surface area (Å²) < 4.78 is 6.67. The lowest BCUT2D eigenvalue weighted by Crippen LogP contribution is -2.33. The van der Waals surface area contributed by atoms with E-state index < -0.39 is 37.1 Å². The van der Waals surface area contributed by atoms with Crippen molar-refractivity contribution in [3.63, 3.8) is 0 Å². The zero-order chi connectivity index (χ0) is 14.2. The summed E-state index contributed by atoms with van der Waals surface area (Å²) in [6, 6.07) is 0. The average Bonchev–Trinajstić information content (AvgIpc) is 2.92. The van der Waals surface area contributed by atoms with E-state index in [9.17, 15) is 15.0 Å². The van der Waals surface area contributed by atoms with Gasteiger partial charge in [-0.15, -0.1) is 0 Å². The Balaban J connectivity index is 2.38. The van der Waals surface area contributed by atoms with E-state index in [2.05, 4.69) is 11.6 Å². The molecule has 1 aromatic heterocycles. The summed E-state index contributed by atoms with van der Waals surface area (Å²) >= 11 is 0. The topological polar surface area (TPSA) is 131 Å². The van der Waals surface area contributed by atoms with E-state index in [0.29, 0.717) is 0 Å². The first-order valence-corrected chi connectivity index (χ1v) is 5.62. The molecule has 0 spiro atoms. The van der Waals surface area contributed by atoms with Crippen LogP contribution in [0.3, 0.4) is 0 Å². The molecule has 19 heavy (non-hydrogen) atoms. The molecule has 4 atom stereocenters. The Morgan fingerprint density at radius 2 is 2.26 bits per heavy atom. The van der Waals surface area contributed by atoms with Crippen molar-refractivity contribution < 1.29 is 24.9 Å². The van der Waals surface area contributed by atoms with Gasteiger partial charge in [0.15, 0.2) is 11.9 Å². The van der Waals surface area contributed by atoms with Gasteiger partial charge in [-0.25, -0.2) is 4.98 Å². The first-order chi connectivity index (χ1) is 9.01. The monoisotopic (exact) mass is 269 g/mol. The van der Waals surface area contributed by atoms with Gasteiger partial charge in [0.1, 0.15) is 18.3 Å². The van der Waals surface area contributed by atoms with Crippen molar-refractivity contribution >= 4 is 12.0 Å². The maximum atomic E-state index is 11.2. The number of carbonyl (C=O) groups excluding carboxylic acids is 1. The Labute approximate surface area is 108 Å². The van der Waals surface area contributed by atoms with Crippen molar-refractivity contribution in [3.05, 3.63) is 24.3 Å². The van der Waals surface area contributed by atoms with E-state index in [-0.39, 0.29) is 11.4 Å². The molecule has 1 amide bonds. The number of imidazole rings is 1. The minimum Gasteiger partial charge on any atom is -0.394 e. The first-order valence-electron chi connectivity index (χ1n) is 5.62. The second-order valence-electron chi connectivity index (χ2n) is 4.18. The molecule has 1 unspecified atom stereocenters. The number of aliphatic hydroxyl groups excluding tert-OH is 3.